The first kappa shape index (κ1) is 13.4. The molecule has 0 saturated carbocycles. The maximum Gasteiger partial charge on any atom is 0.222 e. The Kier molecular flexibility index (Phi) is 7.42. The average Bonchev–Trinajstić information content (AvgIpc) is 2.17. The van der Waals surface area contributed by atoms with E-state index in [4.69, 9.17) is 5.73 Å². The van der Waals surface area contributed by atoms with Crippen LogP contribution in [0.4, 0.5) is 0 Å². The monoisotopic (exact) mass is 201 g/mol. The van der Waals surface area contributed by atoms with Crippen LogP contribution in [0.1, 0.15) is 20.3 Å². The Hall–Kier alpha value is -0.610. The van der Waals surface area contributed by atoms with E-state index in [1.54, 1.807) is 0 Å². The molecular weight excluding hydrogens is 178 g/mol. The van der Waals surface area contributed by atoms with Gasteiger partial charge in [0.1, 0.15) is 0 Å². The van der Waals surface area contributed by atoms with Crippen LogP contribution in [-0.4, -0.2) is 44.0 Å². The third kappa shape index (κ3) is 5.94. The zero-order chi connectivity index (χ0) is 11.0. The van der Waals surface area contributed by atoms with Gasteiger partial charge in [-0.05, 0) is 26.6 Å². The molecule has 14 heavy (non-hydrogen) atoms. The van der Waals surface area contributed by atoms with E-state index in [1.807, 2.05) is 14.0 Å². The van der Waals surface area contributed by atoms with Gasteiger partial charge < -0.3 is 16.0 Å². The first-order valence-electron chi connectivity index (χ1n) is 5.28. The number of hydrogen-bond donors (Lipinski definition) is 2. The number of carbonyl (C=O) groups is 1. The van der Waals surface area contributed by atoms with Crippen molar-refractivity contribution in [1.29, 1.82) is 0 Å². The summed E-state index contributed by atoms with van der Waals surface area (Å²) in [6.45, 7) is 7.21. The molecule has 1 atom stereocenters. The van der Waals surface area contributed by atoms with E-state index in [0.29, 0.717) is 6.54 Å². The minimum Gasteiger partial charge on any atom is -0.355 e. The lowest BCUT2D eigenvalue weighted by Crippen LogP contribution is -2.36. The smallest absolute Gasteiger partial charge is 0.222 e. The third-order valence-corrected chi connectivity index (χ3v) is 2.38. The van der Waals surface area contributed by atoms with E-state index in [-0.39, 0.29) is 11.8 Å². The second kappa shape index (κ2) is 7.76. The van der Waals surface area contributed by atoms with E-state index in [9.17, 15) is 4.79 Å². The highest BCUT2D eigenvalue weighted by Crippen LogP contribution is 1.98. The number of carbonyl (C=O) groups excluding carboxylic acids is 1. The van der Waals surface area contributed by atoms with E-state index in [1.165, 1.54) is 0 Å². The molecule has 4 nitrogen and oxygen atoms in total. The number of hydrogen-bond acceptors (Lipinski definition) is 3. The van der Waals surface area contributed by atoms with Crippen molar-refractivity contribution in [2.24, 2.45) is 11.7 Å². The largest absolute Gasteiger partial charge is 0.355 e. The number of nitrogens with one attached hydrogen (secondary N) is 1. The predicted molar refractivity (Wildman–Crippen MR) is 59.0 cm³/mol. The molecule has 0 aliphatic rings. The number of nitrogens with two attached hydrogens (primary N) is 1. The molecule has 3 N–H and O–H groups in total. The Balaban J connectivity index is 3.53. The van der Waals surface area contributed by atoms with Gasteiger partial charge in [-0.15, -0.1) is 0 Å². The van der Waals surface area contributed by atoms with Crippen LogP contribution in [0, 0.1) is 5.92 Å². The van der Waals surface area contributed by atoms with Crippen LogP contribution in [0.2, 0.25) is 0 Å². The summed E-state index contributed by atoms with van der Waals surface area (Å²) in [6, 6.07) is 0. The Morgan fingerprint density at radius 1 is 1.57 bits per heavy atom. The van der Waals surface area contributed by atoms with Crippen LogP contribution in [0.3, 0.4) is 0 Å². The minimum atomic E-state index is 0.0342. The summed E-state index contributed by atoms with van der Waals surface area (Å²) in [5.74, 6) is 0.145. The van der Waals surface area contributed by atoms with Crippen LogP contribution in [0.25, 0.3) is 0 Å². The van der Waals surface area contributed by atoms with E-state index in [2.05, 4.69) is 17.1 Å². The molecule has 0 radical (unpaired) electrons. The lowest BCUT2D eigenvalue weighted by atomic mass is 10.1. The third-order valence-electron chi connectivity index (χ3n) is 2.38. The Bertz CT molecular complexity index is 161. The number of nitrogens with zero attached hydrogens (tertiary/aromatic N) is 1. The summed E-state index contributed by atoms with van der Waals surface area (Å²) in [6.07, 6.45) is 0.759. The average molecular weight is 201 g/mol. The van der Waals surface area contributed by atoms with Gasteiger partial charge in [-0.1, -0.05) is 13.8 Å². The molecule has 0 aromatic rings. The summed E-state index contributed by atoms with van der Waals surface area (Å²) < 4.78 is 0. The Labute approximate surface area is 86.8 Å². The van der Waals surface area contributed by atoms with Gasteiger partial charge in [-0.25, -0.2) is 0 Å². The first-order valence-corrected chi connectivity index (χ1v) is 5.28. The van der Waals surface area contributed by atoms with E-state index < -0.39 is 0 Å². The van der Waals surface area contributed by atoms with Crippen LogP contribution >= 0.6 is 0 Å². The molecular formula is C10H23N3O. The molecule has 0 aromatic carbocycles. The Morgan fingerprint density at radius 2 is 2.21 bits per heavy atom. The summed E-state index contributed by atoms with van der Waals surface area (Å²) in [5, 5.41) is 2.90. The quantitative estimate of drug-likeness (QED) is 0.611. The van der Waals surface area contributed by atoms with Crippen molar-refractivity contribution in [2.45, 2.75) is 20.3 Å². The maximum absolute atomic E-state index is 11.4. The van der Waals surface area contributed by atoms with Crippen LogP contribution in [0.5, 0.6) is 0 Å². The molecule has 0 spiro atoms. The fraction of sp³-hybridized carbons (Fsp3) is 0.900. The molecule has 0 bridgehead atoms. The SMILES string of the molecule is CCN(C)CCNC(=O)C(C)CCN. The van der Waals surface area contributed by atoms with Gasteiger partial charge in [0.05, 0.1) is 0 Å². The summed E-state index contributed by atoms with van der Waals surface area (Å²) in [7, 11) is 2.04. The molecule has 0 aliphatic carbocycles. The highest BCUT2D eigenvalue weighted by Gasteiger charge is 2.10. The van der Waals surface area contributed by atoms with Crippen LogP contribution in [-0.2, 0) is 4.79 Å². The maximum atomic E-state index is 11.4. The zero-order valence-electron chi connectivity index (χ0n) is 9.55. The van der Waals surface area contributed by atoms with E-state index >= 15 is 0 Å². The topological polar surface area (TPSA) is 58.4 Å². The molecule has 84 valence electrons. The minimum absolute atomic E-state index is 0.0342. The van der Waals surface area contributed by atoms with Crippen molar-refractivity contribution in [1.82, 2.24) is 10.2 Å². The molecule has 0 aliphatic heterocycles. The normalized spacial score (nSPS) is 12.9. The highest BCUT2D eigenvalue weighted by molar-refractivity contribution is 5.78. The molecule has 0 aromatic heterocycles. The van der Waals surface area contributed by atoms with Crippen molar-refractivity contribution in [3.05, 3.63) is 0 Å². The molecule has 4 heteroatoms. The van der Waals surface area contributed by atoms with Crippen molar-refractivity contribution >= 4 is 5.91 Å². The molecule has 0 heterocycles. The lowest BCUT2D eigenvalue weighted by Gasteiger charge is -2.15. The summed E-state index contributed by atoms with van der Waals surface area (Å²) in [4.78, 5) is 13.6. The molecule has 0 rings (SSSR count). The Morgan fingerprint density at radius 3 is 2.71 bits per heavy atom. The van der Waals surface area contributed by atoms with Crippen molar-refractivity contribution in [2.75, 3.05) is 33.2 Å². The van der Waals surface area contributed by atoms with Crippen molar-refractivity contribution < 1.29 is 4.79 Å². The fourth-order valence-electron chi connectivity index (χ4n) is 1.08. The zero-order valence-corrected chi connectivity index (χ0v) is 9.55. The van der Waals surface area contributed by atoms with Gasteiger partial charge in [0.25, 0.3) is 0 Å². The molecule has 0 saturated heterocycles. The number of amides is 1. The predicted octanol–water partition coefficient (Wildman–Crippen LogP) is 0.0392. The van der Waals surface area contributed by atoms with Gasteiger partial charge in [0, 0.05) is 19.0 Å². The van der Waals surface area contributed by atoms with Crippen molar-refractivity contribution in [3.63, 3.8) is 0 Å². The van der Waals surface area contributed by atoms with Gasteiger partial charge in [-0.2, -0.15) is 0 Å². The highest BCUT2D eigenvalue weighted by atomic mass is 16.1. The second-order valence-corrected chi connectivity index (χ2v) is 3.67. The van der Waals surface area contributed by atoms with Crippen LogP contribution in [0.15, 0.2) is 0 Å². The van der Waals surface area contributed by atoms with Gasteiger partial charge >= 0.3 is 0 Å². The molecule has 1 amide bonds. The van der Waals surface area contributed by atoms with Gasteiger partial charge in [-0.3, -0.25) is 4.79 Å². The van der Waals surface area contributed by atoms with Gasteiger partial charge in [0.2, 0.25) is 5.91 Å². The molecule has 0 fully saturated rings. The van der Waals surface area contributed by atoms with Crippen LogP contribution < -0.4 is 11.1 Å². The standard InChI is InChI=1S/C10H23N3O/c1-4-13(3)8-7-12-10(14)9(2)5-6-11/h9H,4-8,11H2,1-3H3,(H,12,14). The fourth-order valence-corrected chi connectivity index (χ4v) is 1.08. The van der Waals surface area contributed by atoms with E-state index in [0.717, 1.165) is 26.1 Å². The summed E-state index contributed by atoms with van der Waals surface area (Å²) >= 11 is 0. The van der Waals surface area contributed by atoms with Gasteiger partial charge in [0.15, 0.2) is 0 Å². The summed E-state index contributed by atoms with van der Waals surface area (Å²) in [5.41, 5.74) is 5.38. The lowest BCUT2D eigenvalue weighted by molar-refractivity contribution is -0.124. The first-order chi connectivity index (χ1) is 6.61. The second-order valence-electron chi connectivity index (χ2n) is 3.67. The number of rotatable bonds is 7. The molecule has 1 unspecified atom stereocenters. The number of likely N-dealkylation sites (N-methyl/N-ethyl adjacent to an activating group) is 1. The van der Waals surface area contributed by atoms with Crippen molar-refractivity contribution in [3.8, 4) is 0 Å².